The van der Waals surface area contributed by atoms with Crippen molar-refractivity contribution < 1.29 is 14.4 Å². The first-order valence-electron chi connectivity index (χ1n) is 9.55. The van der Waals surface area contributed by atoms with Crippen LogP contribution < -0.4 is 4.90 Å². The number of hydrogen-bond donors (Lipinski definition) is 0. The lowest BCUT2D eigenvalue weighted by Crippen LogP contribution is -2.61. The summed E-state index contributed by atoms with van der Waals surface area (Å²) < 4.78 is 0. The molecule has 4 amide bonds. The minimum Gasteiger partial charge on any atom is -0.275 e. The van der Waals surface area contributed by atoms with Gasteiger partial charge in [0.2, 0.25) is 5.91 Å². The van der Waals surface area contributed by atoms with Crippen molar-refractivity contribution in [1.82, 2.24) is 9.88 Å². The number of nitrogens with zero attached hydrogens (tertiary/aromatic N) is 3. The number of urea groups is 1. The quantitative estimate of drug-likeness (QED) is 0.766. The lowest BCUT2D eigenvalue weighted by Gasteiger charge is -2.51. The van der Waals surface area contributed by atoms with Crippen molar-refractivity contribution in [2.45, 2.75) is 44.6 Å². The third kappa shape index (κ3) is 2.13. The number of imide groups is 2. The van der Waals surface area contributed by atoms with E-state index in [1.807, 2.05) is 24.3 Å². The van der Waals surface area contributed by atoms with Gasteiger partial charge in [0.25, 0.3) is 5.91 Å². The first-order chi connectivity index (χ1) is 13.0. The summed E-state index contributed by atoms with van der Waals surface area (Å²) in [5.41, 5.74) is -0.543. The summed E-state index contributed by atoms with van der Waals surface area (Å²) in [7, 11) is 0. The highest BCUT2D eigenvalue weighted by molar-refractivity contribution is 6.29. The summed E-state index contributed by atoms with van der Waals surface area (Å²) in [5.74, 6) is 0.427. The van der Waals surface area contributed by atoms with Crippen LogP contribution in [-0.2, 0) is 9.59 Å². The molecule has 1 aromatic heterocycles. The van der Waals surface area contributed by atoms with Crippen LogP contribution in [0.3, 0.4) is 0 Å². The lowest BCUT2D eigenvalue weighted by atomic mass is 9.58. The minimum absolute atomic E-state index is 0.281. The Labute approximate surface area is 157 Å². The number of anilines is 1. The predicted octanol–water partition coefficient (Wildman–Crippen LogP) is 3.50. The van der Waals surface area contributed by atoms with Gasteiger partial charge in [0.1, 0.15) is 5.54 Å². The van der Waals surface area contributed by atoms with Crippen molar-refractivity contribution >= 4 is 34.3 Å². The Balaban J connectivity index is 1.57. The molecule has 6 heteroatoms. The number of carbonyl (C=O) groups excluding carboxylic acids is 3. The molecule has 1 aliphatic heterocycles. The summed E-state index contributed by atoms with van der Waals surface area (Å²) in [5, 5.41) is 1.64. The standard InChI is InChI=1S/C21H21N3O3/c1-13(25)24-20(27)23(18-12-22-11-15-5-2-3-8-17(15)18)19(26)21(24)9-16(10-21)14-6-4-7-14/h2-3,5,8,11-12,14,16H,4,6-7,9-10H2,1H3. The van der Waals surface area contributed by atoms with E-state index in [1.54, 1.807) is 6.20 Å². The first kappa shape index (κ1) is 16.4. The van der Waals surface area contributed by atoms with E-state index in [0.29, 0.717) is 30.4 Å². The molecule has 0 N–H and O–H groups in total. The smallest absolute Gasteiger partial charge is 0.275 e. The largest absolute Gasteiger partial charge is 0.339 e. The van der Waals surface area contributed by atoms with Gasteiger partial charge in [-0.1, -0.05) is 43.5 Å². The van der Waals surface area contributed by atoms with E-state index in [1.165, 1.54) is 42.2 Å². The molecule has 2 aromatic rings. The fourth-order valence-corrected chi connectivity index (χ4v) is 5.01. The van der Waals surface area contributed by atoms with Crippen LogP contribution in [0.5, 0.6) is 0 Å². The van der Waals surface area contributed by atoms with E-state index in [2.05, 4.69) is 4.98 Å². The maximum absolute atomic E-state index is 13.4. The zero-order chi connectivity index (χ0) is 18.8. The minimum atomic E-state index is -1.000. The van der Waals surface area contributed by atoms with E-state index in [9.17, 15) is 14.4 Å². The van der Waals surface area contributed by atoms with E-state index in [0.717, 1.165) is 10.8 Å². The van der Waals surface area contributed by atoms with Crippen LogP contribution in [0.4, 0.5) is 10.5 Å². The molecule has 5 rings (SSSR count). The van der Waals surface area contributed by atoms with Crippen LogP contribution >= 0.6 is 0 Å². The van der Waals surface area contributed by atoms with Gasteiger partial charge >= 0.3 is 6.03 Å². The molecule has 27 heavy (non-hydrogen) atoms. The van der Waals surface area contributed by atoms with Crippen LogP contribution in [-0.4, -0.2) is 33.3 Å². The number of carbonyl (C=O) groups is 3. The van der Waals surface area contributed by atoms with Gasteiger partial charge in [0.05, 0.1) is 11.9 Å². The molecule has 0 atom stereocenters. The van der Waals surface area contributed by atoms with Crippen molar-refractivity contribution in [2.75, 3.05) is 4.90 Å². The SMILES string of the molecule is CC(=O)N1C(=O)N(c2cncc3ccccc23)C(=O)C12CC(C1CCC1)C2. The van der Waals surface area contributed by atoms with E-state index < -0.39 is 11.6 Å². The number of pyridine rings is 1. The summed E-state index contributed by atoms with van der Waals surface area (Å²) in [6.45, 7) is 1.37. The van der Waals surface area contributed by atoms with Gasteiger partial charge in [-0.3, -0.25) is 14.6 Å². The molecule has 1 saturated heterocycles. The van der Waals surface area contributed by atoms with Crippen LogP contribution in [0.15, 0.2) is 36.7 Å². The fourth-order valence-electron chi connectivity index (χ4n) is 5.01. The molecule has 0 radical (unpaired) electrons. The van der Waals surface area contributed by atoms with Crippen molar-refractivity contribution in [3.63, 3.8) is 0 Å². The molecule has 1 spiro atoms. The molecule has 0 unspecified atom stereocenters. The molecule has 6 nitrogen and oxygen atoms in total. The molecule has 0 bridgehead atoms. The molecule has 2 heterocycles. The molecular formula is C21H21N3O3. The highest BCUT2D eigenvalue weighted by atomic mass is 16.2. The first-order valence-corrected chi connectivity index (χ1v) is 9.55. The van der Waals surface area contributed by atoms with Gasteiger partial charge in [-0.15, -0.1) is 0 Å². The van der Waals surface area contributed by atoms with E-state index in [-0.39, 0.29) is 11.8 Å². The van der Waals surface area contributed by atoms with Crippen LogP contribution in [0.2, 0.25) is 0 Å². The molecule has 2 aliphatic carbocycles. The van der Waals surface area contributed by atoms with Crippen molar-refractivity contribution in [2.24, 2.45) is 11.8 Å². The number of benzene rings is 1. The van der Waals surface area contributed by atoms with Crippen molar-refractivity contribution in [1.29, 1.82) is 0 Å². The molecule has 1 aromatic carbocycles. The highest BCUT2D eigenvalue weighted by Gasteiger charge is 2.66. The van der Waals surface area contributed by atoms with Gasteiger partial charge in [-0.05, 0) is 24.7 Å². The van der Waals surface area contributed by atoms with Gasteiger partial charge in [-0.25, -0.2) is 14.6 Å². The number of rotatable bonds is 2. The van der Waals surface area contributed by atoms with Gasteiger partial charge in [0, 0.05) is 23.9 Å². The average molecular weight is 363 g/mol. The Hall–Kier alpha value is -2.76. The second-order valence-corrected chi connectivity index (χ2v) is 8.05. The maximum Gasteiger partial charge on any atom is 0.339 e. The Morgan fingerprint density at radius 3 is 2.52 bits per heavy atom. The zero-order valence-corrected chi connectivity index (χ0v) is 15.2. The Morgan fingerprint density at radius 1 is 1.11 bits per heavy atom. The van der Waals surface area contributed by atoms with E-state index in [4.69, 9.17) is 0 Å². The summed E-state index contributed by atoms with van der Waals surface area (Å²) >= 11 is 0. The average Bonchev–Trinajstić information content (AvgIpc) is 2.80. The van der Waals surface area contributed by atoms with E-state index >= 15 is 0 Å². The summed E-state index contributed by atoms with van der Waals surface area (Å²) in [6.07, 6.45) is 8.06. The number of aromatic nitrogens is 1. The molecule has 138 valence electrons. The monoisotopic (exact) mass is 363 g/mol. The van der Waals surface area contributed by atoms with Crippen LogP contribution in [0, 0.1) is 11.8 Å². The number of fused-ring (bicyclic) bond motifs is 1. The van der Waals surface area contributed by atoms with Crippen LogP contribution in [0.25, 0.3) is 10.8 Å². The lowest BCUT2D eigenvalue weighted by molar-refractivity contribution is -0.146. The fraction of sp³-hybridized carbons (Fsp3) is 0.429. The van der Waals surface area contributed by atoms with Gasteiger partial charge < -0.3 is 0 Å². The summed E-state index contributed by atoms with van der Waals surface area (Å²) in [6, 6.07) is 6.97. The van der Waals surface area contributed by atoms with Gasteiger partial charge in [-0.2, -0.15) is 0 Å². The Morgan fingerprint density at radius 2 is 1.85 bits per heavy atom. The maximum atomic E-state index is 13.4. The van der Waals surface area contributed by atoms with Crippen molar-refractivity contribution in [3.05, 3.63) is 36.7 Å². The number of hydrogen-bond acceptors (Lipinski definition) is 4. The topological polar surface area (TPSA) is 70.6 Å². The highest BCUT2D eigenvalue weighted by Crippen LogP contribution is 2.55. The normalized spacial score (nSPS) is 28.0. The second-order valence-electron chi connectivity index (χ2n) is 8.05. The predicted molar refractivity (Wildman–Crippen MR) is 99.9 cm³/mol. The third-order valence-electron chi connectivity index (χ3n) is 6.63. The molecular weight excluding hydrogens is 342 g/mol. The van der Waals surface area contributed by atoms with Crippen LogP contribution in [0.1, 0.15) is 39.0 Å². The zero-order valence-electron chi connectivity index (χ0n) is 15.2. The second kappa shape index (κ2) is 5.62. The Kier molecular flexibility index (Phi) is 3.41. The van der Waals surface area contributed by atoms with Crippen molar-refractivity contribution in [3.8, 4) is 0 Å². The molecule has 2 saturated carbocycles. The number of amides is 4. The Bertz CT molecular complexity index is 970. The third-order valence-corrected chi connectivity index (χ3v) is 6.63. The van der Waals surface area contributed by atoms with Gasteiger partial charge in [0.15, 0.2) is 0 Å². The molecule has 3 aliphatic rings. The molecule has 3 fully saturated rings. The summed E-state index contributed by atoms with van der Waals surface area (Å²) in [4.78, 5) is 45.5.